The number of aliphatic hydroxyl groups is 2. The van der Waals surface area contributed by atoms with Crippen LogP contribution in [0.1, 0.15) is 6.92 Å². The first kappa shape index (κ1) is 23.0. The zero-order chi connectivity index (χ0) is 20.9. The molecule has 0 bridgehead atoms. The molecule has 1 saturated heterocycles. The highest BCUT2D eigenvalue weighted by molar-refractivity contribution is 5.79. The summed E-state index contributed by atoms with van der Waals surface area (Å²) in [6.07, 6.45) is -9.76. The highest BCUT2D eigenvalue weighted by Crippen LogP contribution is 2.35. The van der Waals surface area contributed by atoms with Gasteiger partial charge in [-0.1, -0.05) is 0 Å². The third kappa shape index (κ3) is 5.00. The Labute approximate surface area is 152 Å². The van der Waals surface area contributed by atoms with Gasteiger partial charge in [-0.15, -0.1) is 0 Å². The number of aliphatic hydroxyl groups excluding tert-OH is 2. The van der Waals surface area contributed by atoms with E-state index in [4.69, 9.17) is 10.5 Å². The zero-order valence-corrected chi connectivity index (χ0v) is 14.8. The number of rotatable bonds is 6. The average molecular weight is 400 g/mol. The lowest BCUT2D eigenvalue weighted by Crippen LogP contribution is -2.73. The van der Waals surface area contributed by atoms with E-state index in [1.807, 2.05) is 0 Å². The van der Waals surface area contributed by atoms with Gasteiger partial charge in [-0.25, -0.2) is 14.0 Å². The van der Waals surface area contributed by atoms with Crippen molar-refractivity contribution in [1.82, 2.24) is 5.32 Å². The molecule has 1 aliphatic heterocycles. The first-order chi connectivity index (χ1) is 12.5. The summed E-state index contributed by atoms with van der Waals surface area (Å²) in [7, 11) is 1.77. The van der Waals surface area contributed by atoms with Crippen molar-refractivity contribution in [3.05, 3.63) is 0 Å². The molecule has 0 aromatic rings. The largest absolute Gasteiger partial charge is 0.508 e. The van der Waals surface area contributed by atoms with Crippen LogP contribution >= 0.6 is 0 Å². The maximum Gasteiger partial charge on any atom is 0.508 e. The molecule has 1 aliphatic rings. The van der Waals surface area contributed by atoms with Crippen LogP contribution in [0.5, 0.6) is 0 Å². The van der Waals surface area contributed by atoms with Crippen LogP contribution in [0.2, 0.25) is 0 Å². The van der Waals surface area contributed by atoms with Gasteiger partial charge in [0, 0.05) is 6.92 Å². The van der Waals surface area contributed by atoms with Gasteiger partial charge in [0.15, 0.2) is 6.17 Å². The number of nitrogens with one attached hydrogen (secondary N) is 1. The van der Waals surface area contributed by atoms with Crippen molar-refractivity contribution in [3.63, 3.8) is 0 Å². The molecule has 0 aliphatic carbocycles. The van der Waals surface area contributed by atoms with E-state index >= 15 is 0 Å². The number of methoxy groups -OCH3 is 2. The molecule has 156 valence electrons. The normalized spacial score (nSPS) is 32.7. The van der Waals surface area contributed by atoms with E-state index in [1.165, 1.54) is 0 Å². The summed E-state index contributed by atoms with van der Waals surface area (Å²) >= 11 is 0. The summed E-state index contributed by atoms with van der Waals surface area (Å²) in [5.74, 6) is -6.19. The number of hydrogen-bond donors (Lipinski definition) is 4. The number of ether oxygens (including phenoxy) is 4. The predicted octanol–water partition coefficient (Wildman–Crippen LogP) is -2.10. The van der Waals surface area contributed by atoms with Crippen molar-refractivity contribution in [1.29, 1.82) is 0 Å². The van der Waals surface area contributed by atoms with Crippen LogP contribution in [0.4, 0.5) is 13.6 Å². The second-order valence-electron chi connectivity index (χ2n) is 5.75. The molecular formula is C14H22F2N2O9. The van der Waals surface area contributed by atoms with Gasteiger partial charge in [0.2, 0.25) is 5.91 Å². The van der Waals surface area contributed by atoms with E-state index in [0.717, 1.165) is 21.1 Å². The quantitative estimate of drug-likeness (QED) is 0.363. The van der Waals surface area contributed by atoms with Crippen LogP contribution in [0.3, 0.4) is 0 Å². The molecule has 0 spiro atoms. The average Bonchev–Trinajstić information content (AvgIpc) is 2.64. The number of hydrogen-bond acceptors (Lipinski definition) is 10. The molecule has 0 unspecified atom stereocenters. The Bertz CT molecular complexity index is 567. The number of amides is 1. The smallest absolute Gasteiger partial charge is 0.465 e. The molecule has 13 heteroatoms. The van der Waals surface area contributed by atoms with Crippen molar-refractivity contribution in [2.45, 2.75) is 49.3 Å². The first-order valence-corrected chi connectivity index (χ1v) is 7.68. The third-order valence-electron chi connectivity index (χ3n) is 3.87. The minimum Gasteiger partial charge on any atom is -0.465 e. The van der Waals surface area contributed by atoms with E-state index in [9.17, 15) is 33.4 Å². The highest BCUT2D eigenvalue weighted by atomic mass is 19.2. The summed E-state index contributed by atoms with van der Waals surface area (Å²) in [4.78, 5) is 33.9. The molecule has 0 saturated carbocycles. The van der Waals surface area contributed by atoms with Gasteiger partial charge in [-0.05, 0) is 0 Å². The summed E-state index contributed by atoms with van der Waals surface area (Å²) in [6.45, 7) is 0.226. The Balaban J connectivity index is 3.12. The molecule has 0 aromatic heterocycles. The van der Waals surface area contributed by atoms with Crippen LogP contribution in [0.25, 0.3) is 0 Å². The number of halogens is 2. The molecular weight excluding hydrogens is 378 g/mol. The molecule has 1 fully saturated rings. The standard InChI is InChI=1S/C14H22F2N2O9/c1-5(19)18-8-7(17)11(15)14(16,12(22)24-2)27-10(8)9(21)6(20)4-26-13(23)25-3/h6-11,20-21H,4,17H2,1-3H3,(H,18,19)/t6-,7-,8-,9-,10-,11-,14-/m1/s1. The van der Waals surface area contributed by atoms with E-state index < -0.39 is 67.1 Å². The number of esters is 1. The molecule has 27 heavy (non-hydrogen) atoms. The van der Waals surface area contributed by atoms with Gasteiger partial charge in [0.25, 0.3) is 0 Å². The Hall–Kier alpha value is -2.09. The lowest BCUT2D eigenvalue weighted by molar-refractivity contribution is -0.277. The second kappa shape index (κ2) is 9.21. The number of alkyl halides is 2. The highest BCUT2D eigenvalue weighted by Gasteiger charge is 2.62. The Kier molecular flexibility index (Phi) is 7.83. The van der Waals surface area contributed by atoms with Crippen molar-refractivity contribution in [2.75, 3.05) is 20.8 Å². The minimum atomic E-state index is -3.70. The predicted molar refractivity (Wildman–Crippen MR) is 81.6 cm³/mol. The van der Waals surface area contributed by atoms with Gasteiger partial charge in [0.1, 0.15) is 24.9 Å². The van der Waals surface area contributed by atoms with Crippen LogP contribution in [0, 0.1) is 0 Å². The van der Waals surface area contributed by atoms with Crippen molar-refractivity contribution in [2.24, 2.45) is 5.73 Å². The molecule has 7 atom stereocenters. The van der Waals surface area contributed by atoms with Crippen LogP contribution < -0.4 is 11.1 Å². The lowest BCUT2D eigenvalue weighted by Gasteiger charge is -2.46. The Morgan fingerprint density at radius 2 is 1.89 bits per heavy atom. The fourth-order valence-corrected chi connectivity index (χ4v) is 2.51. The van der Waals surface area contributed by atoms with Crippen molar-refractivity contribution >= 4 is 18.0 Å². The second-order valence-corrected chi connectivity index (χ2v) is 5.75. The van der Waals surface area contributed by atoms with E-state index in [-0.39, 0.29) is 0 Å². The zero-order valence-electron chi connectivity index (χ0n) is 14.8. The van der Waals surface area contributed by atoms with Gasteiger partial charge >= 0.3 is 18.0 Å². The summed E-state index contributed by atoms with van der Waals surface area (Å²) in [6, 6.07) is -3.38. The SMILES string of the molecule is COC(=O)OC[C@@H](O)[C@@H](O)[C@@H]1O[C@@](F)(C(=O)OC)[C@H](F)[C@H](N)[C@H]1NC(C)=O. The first-order valence-electron chi connectivity index (χ1n) is 7.68. The monoisotopic (exact) mass is 400 g/mol. The maximum atomic E-state index is 14.8. The van der Waals surface area contributed by atoms with Crippen LogP contribution in [-0.4, -0.2) is 91.5 Å². The van der Waals surface area contributed by atoms with Crippen molar-refractivity contribution in [3.8, 4) is 0 Å². The maximum absolute atomic E-state index is 14.8. The third-order valence-corrected chi connectivity index (χ3v) is 3.87. The van der Waals surface area contributed by atoms with Gasteiger partial charge < -0.3 is 40.2 Å². The molecule has 1 heterocycles. The summed E-state index contributed by atoms with van der Waals surface area (Å²) in [5, 5.41) is 22.3. The summed E-state index contributed by atoms with van der Waals surface area (Å²) < 4.78 is 46.7. The molecule has 11 nitrogen and oxygen atoms in total. The number of carbonyl (C=O) groups excluding carboxylic acids is 3. The van der Waals surface area contributed by atoms with Crippen molar-refractivity contribution < 1.29 is 52.3 Å². The topological polar surface area (TPSA) is 167 Å². The Morgan fingerprint density at radius 3 is 2.37 bits per heavy atom. The Morgan fingerprint density at radius 1 is 1.30 bits per heavy atom. The molecule has 1 amide bonds. The van der Waals surface area contributed by atoms with Gasteiger partial charge in [0.05, 0.1) is 26.3 Å². The summed E-state index contributed by atoms with van der Waals surface area (Å²) in [5.41, 5.74) is 5.60. The van der Waals surface area contributed by atoms with Gasteiger partial charge in [-0.2, -0.15) is 4.39 Å². The molecule has 0 aromatic carbocycles. The fourth-order valence-electron chi connectivity index (χ4n) is 2.51. The molecule has 0 radical (unpaired) electrons. The van der Waals surface area contributed by atoms with Crippen LogP contribution in [-0.2, 0) is 28.5 Å². The van der Waals surface area contributed by atoms with E-state index in [0.29, 0.717) is 0 Å². The minimum absolute atomic E-state index is 0.729. The molecule has 5 N–H and O–H groups in total. The fraction of sp³-hybridized carbons (Fsp3) is 0.786. The number of carbonyl (C=O) groups is 3. The van der Waals surface area contributed by atoms with E-state index in [2.05, 4.69) is 19.5 Å². The van der Waals surface area contributed by atoms with E-state index in [1.54, 1.807) is 0 Å². The lowest BCUT2D eigenvalue weighted by atomic mass is 9.86. The van der Waals surface area contributed by atoms with Gasteiger partial charge in [-0.3, -0.25) is 4.79 Å². The molecule has 1 rings (SSSR count). The number of nitrogens with two attached hydrogens (primary N) is 1. The van der Waals surface area contributed by atoms with Crippen LogP contribution in [0.15, 0.2) is 0 Å².